The van der Waals surface area contributed by atoms with Crippen LogP contribution in [0.1, 0.15) is 6.92 Å². The molecule has 0 radical (unpaired) electrons. The number of hydrogen-bond donors (Lipinski definition) is 2. The van der Waals surface area contributed by atoms with E-state index >= 15 is 0 Å². The molecule has 1 unspecified atom stereocenters. The first-order chi connectivity index (χ1) is 5.46. The normalized spacial score (nSPS) is 28.2. The molecular formula is C6H7NO4S. The van der Waals surface area contributed by atoms with Gasteiger partial charge in [-0.2, -0.15) is 0 Å². The van der Waals surface area contributed by atoms with Gasteiger partial charge in [-0.25, -0.2) is 9.59 Å². The van der Waals surface area contributed by atoms with E-state index in [1.807, 2.05) is 0 Å². The number of aliphatic carboxylic acids is 2. The average Bonchev–Trinajstić information content (AvgIpc) is 2.33. The van der Waals surface area contributed by atoms with Gasteiger partial charge in [0.1, 0.15) is 5.71 Å². The van der Waals surface area contributed by atoms with Gasteiger partial charge in [-0.1, -0.05) is 0 Å². The van der Waals surface area contributed by atoms with Crippen LogP contribution in [0.4, 0.5) is 0 Å². The fraction of sp³-hybridized carbons (Fsp3) is 0.500. The summed E-state index contributed by atoms with van der Waals surface area (Å²) < 4.78 is 0. The van der Waals surface area contributed by atoms with Gasteiger partial charge in [-0.3, -0.25) is 4.99 Å². The van der Waals surface area contributed by atoms with E-state index in [9.17, 15) is 9.59 Å². The maximum atomic E-state index is 10.6. The highest BCUT2D eigenvalue weighted by atomic mass is 32.2. The van der Waals surface area contributed by atoms with E-state index in [4.69, 9.17) is 10.2 Å². The number of nitrogens with zero attached hydrogens (tertiary/aromatic N) is 1. The number of thioether (sulfide) groups is 1. The summed E-state index contributed by atoms with van der Waals surface area (Å²) in [6.45, 7) is 1.38. The van der Waals surface area contributed by atoms with Crippen molar-refractivity contribution in [1.82, 2.24) is 0 Å². The lowest BCUT2D eigenvalue weighted by Gasteiger charge is -2.11. The van der Waals surface area contributed by atoms with Crippen molar-refractivity contribution in [3.63, 3.8) is 0 Å². The Bertz CT molecular complexity index is 275. The third-order valence-corrected chi connectivity index (χ3v) is 2.73. The molecule has 1 aliphatic heterocycles. The highest BCUT2D eigenvalue weighted by Crippen LogP contribution is 2.32. The van der Waals surface area contributed by atoms with Gasteiger partial charge in [-0.05, 0) is 6.92 Å². The van der Waals surface area contributed by atoms with Crippen molar-refractivity contribution in [3.8, 4) is 0 Å². The summed E-state index contributed by atoms with van der Waals surface area (Å²) in [6.07, 6.45) is 0. The van der Waals surface area contributed by atoms with E-state index in [0.717, 1.165) is 11.8 Å². The lowest BCUT2D eigenvalue weighted by Crippen LogP contribution is -2.26. The first kappa shape index (κ1) is 9.05. The molecule has 6 heteroatoms. The Hall–Kier alpha value is -1.04. The quantitative estimate of drug-likeness (QED) is 0.641. The molecule has 1 heterocycles. The standard InChI is InChI=1S/C6H7NO4S/c1-6(5(10)11)7-3(2-12-6)4(8)9/h2H2,1H3,(H,8,9)(H,10,11). The van der Waals surface area contributed by atoms with Crippen LogP contribution in [0.15, 0.2) is 4.99 Å². The fourth-order valence-corrected chi connectivity index (χ4v) is 1.65. The first-order valence-corrected chi connectivity index (χ1v) is 4.13. The number of rotatable bonds is 2. The minimum absolute atomic E-state index is 0.0788. The van der Waals surface area contributed by atoms with E-state index in [0.29, 0.717) is 0 Å². The predicted molar refractivity (Wildman–Crippen MR) is 43.6 cm³/mol. The SMILES string of the molecule is CC1(C(=O)O)N=C(C(=O)O)CS1. The average molecular weight is 189 g/mol. The zero-order chi connectivity index (χ0) is 9.35. The van der Waals surface area contributed by atoms with Crippen molar-refractivity contribution in [2.45, 2.75) is 11.8 Å². The van der Waals surface area contributed by atoms with Crippen LogP contribution in [0.5, 0.6) is 0 Å². The Labute approximate surface area is 72.5 Å². The van der Waals surface area contributed by atoms with Crippen LogP contribution in [0.3, 0.4) is 0 Å². The summed E-state index contributed by atoms with van der Waals surface area (Å²) in [7, 11) is 0. The molecule has 12 heavy (non-hydrogen) atoms. The largest absolute Gasteiger partial charge is 0.479 e. The Morgan fingerprint density at radius 1 is 1.58 bits per heavy atom. The van der Waals surface area contributed by atoms with E-state index in [2.05, 4.69) is 4.99 Å². The summed E-state index contributed by atoms with van der Waals surface area (Å²) >= 11 is 1.01. The third kappa shape index (κ3) is 1.42. The molecule has 0 saturated heterocycles. The second kappa shape index (κ2) is 2.78. The van der Waals surface area contributed by atoms with Crippen LogP contribution in [-0.2, 0) is 9.59 Å². The number of aliphatic imine (C=N–C) groups is 1. The van der Waals surface area contributed by atoms with Gasteiger partial charge in [0.25, 0.3) is 0 Å². The van der Waals surface area contributed by atoms with Gasteiger partial charge in [0.2, 0.25) is 4.87 Å². The number of hydrogen-bond acceptors (Lipinski definition) is 4. The Morgan fingerprint density at radius 3 is 2.42 bits per heavy atom. The lowest BCUT2D eigenvalue weighted by molar-refractivity contribution is -0.139. The maximum Gasteiger partial charge on any atom is 0.350 e. The monoisotopic (exact) mass is 189 g/mol. The molecule has 0 aromatic heterocycles. The van der Waals surface area contributed by atoms with E-state index in [1.165, 1.54) is 6.92 Å². The van der Waals surface area contributed by atoms with Crippen molar-refractivity contribution in [2.24, 2.45) is 4.99 Å². The predicted octanol–water partition coefficient (Wildman–Crippen LogP) is 0.0596. The van der Waals surface area contributed by atoms with Crippen LogP contribution in [0.2, 0.25) is 0 Å². The van der Waals surface area contributed by atoms with Gasteiger partial charge in [0, 0.05) is 5.75 Å². The summed E-state index contributed by atoms with van der Waals surface area (Å²) in [5.41, 5.74) is -0.0788. The van der Waals surface area contributed by atoms with Crippen LogP contribution in [-0.4, -0.2) is 38.5 Å². The molecule has 0 aromatic rings. The molecule has 66 valence electrons. The molecule has 1 rings (SSSR count). The van der Waals surface area contributed by atoms with Crippen molar-refractivity contribution in [2.75, 3.05) is 5.75 Å². The minimum Gasteiger partial charge on any atom is -0.479 e. The Kier molecular flexibility index (Phi) is 2.10. The molecule has 0 amide bonds. The van der Waals surface area contributed by atoms with Crippen LogP contribution in [0, 0.1) is 0 Å². The summed E-state index contributed by atoms with van der Waals surface area (Å²) in [4.78, 5) is 23.2. The van der Waals surface area contributed by atoms with Gasteiger partial charge in [0.15, 0.2) is 0 Å². The molecule has 0 fully saturated rings. The van der Waals surface area contributed by atoms with Gasteiger partial charge < -0.3 is 10.2 Å². The van der Waals surface area contributed by atoms with Crippen LogP contribution < -0.4 is 0 Å². The third-order valence-electron chi connectivity index (χ3n) is 1.48. The second-order valence-electron chi connectivity index (χ2n) is 2.44. The smallest absolute Gasteiger partial charge is 0.350 e. The van der Waals surface area contributed by atoms with Gasteiger partial charge >= 0.3 is 11.9 Å². The Balaban J connectivity index is 2.89. The fourth-order valence-electron chi connectivity index (χ4n) is 0.750. The number of carboxylic acid groups (broad SMARTS) is 2. The maximum absolute atomic E-state index is 10.6. The molecule has 5 nitrogen and oxygen atoms in total. The van der Waals surface area contributed by atoms with Gasteiger partial charge in [-0.15, -0.1) is 11.8 Å². The van der Waals surface area contributed by atoms with E-state index < -0.39 is 16.8 Å². The molecule has 1 atom stereocenters. The lowest BCUT2D eigenvalue weighted by atomic mass is 10.3. The zero-order valence-electron chi connectivity index (χ0n) is 6.27. The highest BCUT2D eigenvalue weighted by Gasteiger charge is 2.40. The number of carboxylic acids is 2. The molecule has 0 aliphatic carbocycles. The zero-order valence-corrected chi connectivity index (χ0v) is 7.09. The Morgan fingerprint density at radius 2 is 2.17 bits per heavy atom. The van der Waals surface area contributed by atoms with E-state index in [-0.39, 0.29) is 11.5 Å². The van der Waals surface area contributed by atoms with Gasteiger partial charge in [0.05, 0.1) is 0 Å². The molecule has 1 aliphatic rings. The van der Waals surface area contributed by atoms with Crippen molar-refractivity contribution in [1.29, 1.82) is 0 Å². The first-order valence-electron chi connectivity index (χ1n) is 3.15. The van der Waals surface area contributed by atoms with Crippen LogP contribution >= 0.6 is 11.8 Å². The van der Waals surface area contributed by atoms with Crippen molar-refractivity contribution < 1.29 is 19.8 Å². The molecule has 0 aromatic carbocycles. The number of carbonyl (C=O) groups is 2. The molecule has 0 spiro atoms. The summed E-state index contributed by atoms with van der Waals surface area (Å²) in [5, 5.41) is 17.1. The van der Waals surface area contributed by atoms with Crippen LogP contribution in [0.25, 0.3) is 0 Å². The van der Waals surface area contributed by atoms with Crippen molar-refractivity contribution >= 4 is 29.4 Å². The minimum atomic E-state index is -1.31. The van der Waals surface area contributed by atoms with Crippen molar-refractivity contribution in [3.05, 3.63) is 0 Å². The molecule has 2 N–H and O–H groups in total. The highest BCUT2D eigenvalue weighted by molar-refractivity contribution is 8.02. The summed E-state index contributed by atoms with van der Waals surface area (Å²) in [5.74, 6) is -2.10. The summed E-state index contributed by atoms with van der Waals surface area (Å²) in [6, 6.07) is 0. The molecule has 0 bridgehead atoms. The van der Waals surface area contributed by atoms with E-state index in [1.54, 1.807) is 0 Å². The molecular weight excluding hydrogens is 182 g/mol. The second-order valence-corrected chi connectivity index (χ2v) is 3.81. The molecule has 0 saturated carbocycles. The topological polar surface area (TPSA) is 87.0 Å².